The average molecular weight is 284 g/mol. The van der Waals surface area contributed by atoms with Crippen LogP contribution in [0.3, 0.4) is 0 Å². The van der Waals surface area contributed by atoms with E-state index in [-0.39, 0.29) is 22.6 Å². The third-order valence-electron chi connectivity index (χ3n) is 2.25. The Labute approximate surface area is 102 Å². The highest BCUT2D eigenvalue weighted by Gasteiger charge is 2.49. The van der Waals surface area contributed by atoms with E-state index in [4.69, 9.17) is 4.74 Å². The van der Waals surface area contributed by atoms with E-state index in [1.54, 1.807) is 0 Å². The first-order chi connectivity index (χ1) is 8.10. The third-order valence-corrected chi connectivity index (χ3v) is 3.20. The summed E-state index contributed by atoms with van der Waals surface area (Å²) in [5.41, 5.74) is -5.01. The van der Waals surface area contributed by atoms with E-state index >= 15 is 0 Å². The maximum absolute atomic E-state index is 12.2. The van der Waals surface area contributed by atoms with Gasteiger partial charge < -0.3 is 8.92 Å². The fraction of sp³-hybridized carbons (Fsp3) is 0.400. The van der Waals surface area contributed by atoms with Crippen LogP contribution in [0, 0.1) is 13.8 Å². The number of halogens is 3. The van der Waals surface area contributed by atoms with Crippen LogP contribution < -0.4 is 8.92 Å². The van der Waals surface area contributed by atoms with Crippen molar-refractivity contribution in [3.63, 3.8) is 0 Å². The van der Waals surface area contributed by atoms with Gasteiger partial charge in [0.2, 0.25) is 0 Å². The normalized spacial score (nSPS) is 12.3. The van der Waals surface area contributed by atoms with Gasteiger partial charge >= 0.3 is 15.6 Å². The Morgan fingerprint density at radius 1 is 1.17 bits per heavy atom. The van der Waals surface area contributed by atoms with Crippen LogP contribution in [0.15, 0.2) is 12.1 Å². The fourth-order valence-corrected chi connectivity index (χ4v) is 1.89. The monoisotopic (exact) mass is 284 g/mol. The molecule has 0 heterocycles. The van der Waals surface area contributed by atoms with E-state index in [0.29, 0.717) is 0 Å². The molecule has 0 spiro atoms. The van der Waals surface area contributed by atoms with Gasteiger partial charge in [0.25, 0.3) is 0 Å². The largest absolute Gasteiger partial charge is 0.534 e. The molecule has 1 aromatic rings. The molecule has 0 N–H and O–H groups in total. The zero-order valence-corrected chi connectivity index (χ0v) is 10.6. The van der Waals surface area contributed by atoms with Crippen LogP contribution in [0.4, 0.5) is 13.2 Å². The molecule has 0 amide bonds. The summed E-state index contributed by atoms with van der Waals surface area (Å²) in [5.74, 6) is -0.125. The smallest absolute Gasteiger partial charge is 0.496 e. The molecule has 0 unspecified atom stereocenters. The second kappa shape index (κ2) is 4.68. The molecular weight excluding hydrogens is 273 g/mol. The Hall–Kier alpha value is -1.44. The number of methoxy groups -OCH3 is 1. The number of benzene rings is 1. The maximum atomic E-state index is 12.2. The van der Waals surface area contributed by atoms with Crippen molar-refractivity contribution >= 4 is 10.1 Å². The topological polar surface area (TPSA) is 52.6 Å². The van der Waals surface area contributed by atoms with Gasteiger partial charge in [-0.05, 0) is 25.5 Å². The van der Waals surface area contributed by atoms with Crippen molar-refractivity contribution in [2.75, 3.05) is 7.11 Å². The molecule has 0 aliphatic heterocycles. The van der Waals surface area contributed by atoms with Crippen molar-refractivity contribution < 1.29 is 30.5 Å². The zero-order chi connectivity index (χ0) is 14.1. The highest BCUT2D eigenvalue weighted by Crippen LogP contribution is 2.35. The lowest BCUT2D eigenvalue weighted by Crippen LogP contribution is -2.28. The molecule has 1 aromatic carbocycles. The number of aryl methyl sites for hydroxylation is 1. The fourth-order valence-electron chi connectivity index (χ4n) is 1.32. The van der Waals surface area contributed by atoms with Gasteiger partial charge in [-0.25, -0.2) is 0 Å². The summed E-state index contributed by atoms with van der Waals surface area (Å²) in [4.78, 5) is 0. The number of hydrogen-bond donors (Lipinski definition) is 0. The van der Waals surface area contributed by atoms with Crippen molar-refractivity contribution in [3.05, 3.63) is 23.3 Å². The van der Waals surface area contributed by atoms with E-state index in [1.807, 2.05) is 0 Å². The molecule has 4 nitrogen and oxygen atoms in total. The van der Waals surface area contributed by atoms with Crippen LogP contribution in [-0.2, 0) is 10.1 Å². The molecule has 0 atom stereocenters. The van der Waals surface area contributed by atoms with Crippen molar-refractivity contribution in [1.29, 1.82) is 0 Å². The van der Waals surface area contributed by atoms with Crippen LogP contribution in [0.2, 0.25) is 0 Å². The molecule has 0 saturated carbocycles. The standard InChI is InChI=1S/C10H11F3O4S/c1-6-4-5-8(16-3)7(2)9(6)17-18(14,15)10(11,12)13/h4-5H,1-3H3. The van der Waals surface area contributed by atoms with Crippen LogP contribution >= 0.6 is 0 Å². The summed E-state index contributed by atoms with van der Waals surface area (Å²) in [7, 11) is -4.36. The third kappa shape index (κ3) is 2.69. The van der Waals surface area contributed by atoms with Gasteiger partial charge in [-0.15, -0.1) is 0 Å². The average Bonchev–Trinajstić information content (AvgIpc) is 2.23. The Balaban J connectivity index is 3.29. The lowest BCUT2D eigenvalue weighted by Gasteiger charge is -2.15. The Bertz CT molecular complexity index is 549. The van der Waals surface area contributed by atoms with Gasteiger partial charge in [-0.3, -0.25) is 0 Å². The molecule has 0 bridgehead atoms. The van der Waals surface area contributed by atoms with E-state index < -0.39 is 15.6 Å². The summed E-state index contributed by atoms with van der Waals surface area (Å²) >= 11 is 0. The summed E-state index contributed by atoms with van der Waals surface area (Å²) in [6, 6.07) is 2.92. The summed E-state index contributed by atoms with van der Waals surface area (Å²) in [6.45, 7) is 2.85. The lowest BCUT2D eigenvalue weighted by molar-refractivity contribution is -0.0500. The van der Waals surface area contributed by atoms with E-state index in [1.165, 1.54) is 33.1 Å². The Kier molecular flexibility index (Phi) is 3.80. The van der Waals surface area contributed by atoms with E-state index in [2.05, 4.69) is 4.18 Å². The highest BCUT2D eigenvalue weighted by atomic mass is 32.2. The number of hydrogen-bond acceptors (Lipinski definition) is 4. The van der Waals surface area contributed by atoms with Gasteiger partial charge in [0, 0.05) is 5.56 Å². The molecule has 0 radical (unpaired) electrons. The summed E-state index contributed by atoms with van der Waals surface area (Å²) in [5, 5.41) is 0. The van der Waals surface area contributed by atoms with Crippen molar-refractivity contribution in [2.45, 2.75) is 19.4 Å². The molecule has 18 heavy (non-hydrogen) atoms. The highest BCUT2D eigenvalue weighted by molar-refractivity contribution is 7.88. The van der Waals surface area contributed by atoms with Crippen LogP contribution in [0.1, 0.15) is 11.1 Å². The van der Waals surface area contributed by atoms with Gasteiger partial charge in [-0.2, -0.15) is 21.6 Å². The van der Waals surface area contributed by atoms with Gasteiger partial charge in [0.1, 0.15) is 5.75 Å². The minimum absolute atomic E-state index is 0.185. The minimum Gasteiger partial charge on any atom is -0.496 e. The SMILES string of the molecule is COc1ccc(C)c(OS(=O)(=O)C(F)(F)F)c1C. The maximum Gasteiger partial charge on any atom is 0.534 e. The van der Waals surface area contributed by atoms with Crippen LogP contribution in [0.5, 0.6) is 11.5 Å². The molecule has 0 aliphatic carbocycles. The first-order valence-corrected chi connectivity index (χ1v) is 6.16. The first kappa shape index (κ1) is 14.6. The number of alkyl halides is 3. The molecule has 102 valence electrons. The first-order valence-electron chi connectivity index (χ1n) is 4.75. The molecule has 0 saturated heterocycles. The van der Waals surface area contributed by atoms with E-state index in [9.17, 15) is 21.6 Å². The van der Waals surface area contributed by atoms with Gasteiger partial charge in [0.05, 0.1) is 7.11 Å². The minimum atomic E-state index is -5.68. The summed E-state index contributed by atoms with van der Waals surface area (Å²) in [6.07, 6.45) is 0. The van der Waals surface area contributed by atoms with Gasteiger partial charge in [-0.1, -0.05) is 6.07 Å². The predicted molar refractivity (Wildman–Crippen MR) is 58.1 cm³/mol. The Morgan fingerprint density at radius 3 is 2.17 bits per heavy atom. The molecule has 0 fully saturated rings. The molecule has 0 aliphatic rings. The van der Waals surface area contributed by atoms with Crippen molar-refractivity contribution in [1.82, 2.24) is 0 Å². The molecule has 8 heteroatoms. The van der Waals surface area contributed by atoms with Crippen molar-refractivity contribution in [3.8, 4) is 11.5 Å². The number of ether oxygens (including phenoxy) is 1. The number of rotatable bonds is 3. The van der Waals surface area contributed by atoms with E-state index in [0.717, 1.165) is 0 Å². The quantitative estimate of drug-likeness (QED) is 0.632. The molecule has 0 aromatic heterocycles. The second-order valence-electron chi connectivity index (χ2n) is 3.52. The van der Waals surface area contributed by atoms with Crippen LogP contribution in [-0.4, -0.2) is 21.0 Å². The summed E-state index contributed by atoms with van der Waals surface area (Å²) < 4.78 is 67.6. The van der Waals surface area contributed by atoms with Gasteiger partial charge in [0.15, 0.2) is 5.75 Å². The zero-order valence-electron chi connectivity index (χ0n) is 9.83. The molecule has 1 rings (SSSR count). The van der Waals surface area contributed by atoms with Crippen molar-refractivity contribution in [2.24, 2.45) is 0 Å². The lowest BCUT2D eigenvalue weighted by atomic mass is 10.1. The molecular formula is C10H11F3O4S. The predicted octanol–water partition coefficient (Wildman–Crippen LogP) is 2.54. The second-order valence-corrected chi connectivity index (χ2v) is 5.06. The Morgan fingerprint density at radius 2 is 1.72 bits per heavy atom. The van der Waals surface area contributed by atoms with Crippen LogP contribution in [0.25, 0.3) is 0 Å².